The van der Waals surface area contributed by atoms with Crippen molar-refractivity contribution in [1.29, 1.82) is 0 Å². The number of rotatable bonds is 6. The molecule has 0 saturated carbocycles. The minimum absolute atomic E-state index is 0.263. The minimum atomic E-state index is -0.926. The fourth-order valence-corrected chi connectivity index (χ4v) is 0.778. The summed E-state index contributed by atoms with van der Waals surface area (Å²) in [5.74, 6) is -0.893. The van der Waals surface area contributed by atoms with Gasteiger partial charge in [0.15, 0.2) is 0 Å². The van der Waals surface area contributed by atoms with Crippen LogP contribution >= 0.6 is 0 Å². The zero-order valence-corrected chi connectivity index (χ0v) is 7.82. The van der Waals surface area contributed by atoms with E-state index in [9.17, 15) is 4.79 Å². The number of azide groups is 1. The Hall–Kier alpha value is -1.26. The van der Waals surface area contributed by atoms with Gasteiger partial charge in [0.2, 0.25) is 0 Å². The molecule has 1 unspecified atom stereocenters. The summed E-state index contributed by atoms with van der Waals surface area (Å²) in [6.07, 6.45) is 0.485. The molecule has 0 bridgehead atoms. The molecule has 0 aliphatic rings. The Morgan fingerprint density at radius 1 is 1.77 bits per heavy atom. The average molecular weight is 186 g/mol. The molecule has 1 atom stereocenters. The van der Waals surface area contributed by atoms with Gasteiger partial charge in [0, 0.05) is 18.0 Å². The third kappa shape index (κ3) is 3.78. The van der Waals surface area contributed by atoms with Crippen LogP contribution in [-0.2, 0) is 4.79 Å². The molecular formula is C7H14N4O2. The number of hydrogen-bond acceptors (Lipinski definition) is 3. The number of aliphatic carboxylic acids is 1. The first kappa shape index (κ1) is 11.7. The summed E-state index contributed by atoms with van der Waals surface area (Å²) < 4.78 is 0. The van der Waals surface area contributed by atoms with Crippen molar-refractivity contribution in [2.24, 2.45) is 5.11 Å². The summed E-state index contributed by atoms with van der Waals surface area (Å²) in [5, 5.41) is 14.9. The third-order valence-electron chi connectivity index (χ3n) is 1.97. The van der Waals surface area contributed by atoms with Crippen LogP contribution < -0.4 is 5.32 Å². The second-order valence-electron chi connectivity index (χ2n) is 2.87. The number of nitrogens with one attached hydrogen (secondary N) is 1. The summed E-state index contributed by atoms with van der Waals surface area (Å²) in [6.45, 7) is 4.03. The second kappa shape index (κ2) is 5.40. The molecule has 0 aliphatic heterocycles. The Balaban J connectivity index is 3.98. The fourth-order valence-electron chi connectivity index (χ4n) is 0.778. The monoisotopic (exact) mass is 186 g/mol. The predicted molar refractivity (Wildman–Crippen MR) is 48.3 cm³/mol. The Kier molecular flexibility index (Phi) is 4.87. The number of carbonyl (C=O) groups is 1. The first-order chi connectivity index (χ1) is 6.06. The summed E-state index contributed by atoms with van der Waals surface area (Å²) >= 11 is 0. The van der Waals surface area contributed by atoms with Gasteiger partial charge in [0.1, 0.15) is 5.54 Å². The van der Waals surface area contributed by atoms with E-state index in [1.165, 1.54) is 0 Å². The van der Waals surface area contributed by atoms with Crippen molar-refractivity contribution < 1.29 is 9.90 Å². The number of carboxylic acid groups (broad SMARTS) is 1. The summed E-state index contributed by atoms with van der Waals surface area (Å²) in [4.78, 5) is 13.3. The van der Waals surface area contributed by atoms with Crippen molar-refractivity contribution in [2.75, 3.05) is 13.1 Å². The van der Waals surface area contributed by atoms with E-state index in [1.54, 1.807) is 13.8 Å². The molecule has 0 heterocycles. The maximum Gasteiger partial charge on any atom is 0.323 e. The molecular weight excluding hydrogens is 172 g/mol. The van der Waals surface area contributed by atoms with Crippen molar-refractivity contribution in [2.45, 2.75) is 25.8 Å². The lowest BCUT2D eigenvalue weighted by molar-refractivity contribution is -0.144. The Labute approximate surface area is 76.6 Å². The molecule has 0 fully saturated rings. The van der Waals surface area contributed by atoms with Gasteiger partial charge in [0.25, 0.3) is 0 Å². The SMILES string of the molecule is CCC(C)(NCCN=[N+]=[N-])C(=O)O. The largest absolute Gasteiger partial charge is 0.480 e. The molecule has 0 aromatic rings. The maximum atomic E-state index is 10.8. The highest BCUT2D eigenvalue weighted by molar-refractivity contribution is 5.78. The highest BCUT2D eigenvalue weighted by Crippen LogP contribution is 2.08. The van der Waals surface area contributed by atoms with E-state index in [0.717, 1.165) is 0 Å². The van der Waals surface area contributed by atoms with Crippen LogP contribution in [0.25, 0.3) is 10.4 Å². The lowest BCUT2D eigenvalue weighted by Gasteiger charge is -2.24. The fraction of sp³-hybridized carbons (Fsp3) is 0.857. The van der Waals surface area contributed by atoms with Gasteiger partial charge in [-0.25, -0.2) is 0 Å². The highest BCUT2D eigenvalue weighted by Gasteiger charge is 2.29. The minimum Gasteiger partial charge on any atom is -0.480 e. The maximum absolute atomic E-state index is 10.8. The van der Waals surface area contributed by atoms with Crippen LogP contribution in [0.4, 0.5) is 0 Å². The Morgan fingerprint density at radius 2 is 2.38 bits per heavy atom. The van der Waals surface area contributed by atoms with E-state index < -0.39 is 11.5 Å². The smallest absolute Gasteiger partial charge is 0.323 e. The normalized spacial score (nSPS) is 14.3. The molecule has 0 aromatic carbocycles. The number of hydrogen-bond donors (Lipinski definition) is 2. The van der Waals surface area contributed by atoms with Gasteiger partial charge >= 0.3 is 5.97 Å². The lowest BCUT2D eigenvalue weighted by atomic mass is 9.99. The quantitative estimate of drug-likeness (QED) is 0.281. The first-order valence-electron chi connectivity index (χ1n) is 4.06. The molecule has 0 rings (SSSR count). The van der Waals surface area contributed by atoms with Gasteiger partial charge in [-0.05, 0) is 18.9 Å². The van der Waals surface area contributed by atoms with E-state index in [1.807, 2.05) is 0 Å². The van der Waals surface area contributed by atoms with Crippen LogP contribution in [0, 0.1) is 0 Å². The number of carboxylic acids is 1. The van der Waals surface area contributed by atoms with Crippen molar-refractivity contribution in [3.8, 4) is 0 Å². The topological polar surface area (TPSA) is 98.1 Å². The third-order valence-corrected chi connectivity index (χ3v) is 1.97. The molecule has 0 spiro atoms. The number of nitrogens with zero attached hydrogens (tertiary/aromatic N) is 3. The zero-order valence-electron chi connectivity index (χ0n) is 7.82. The van der Waals surface area contributed by atoms with Gasteiger partial charge in [-0.3, -0.25) is 4.79 Å². The van der Waals surface area contributed by atoms with Crippen LogP contribution in [-0.4, -0.2) is 29.7 Å². The van der Waals surface area contributed by atoms with E-state index in [4.69, 9.17) is 10.6 Å². The molecule has 6 nitrogen and oxygen atoms in total. The first-order valence-corrected chi connectivity index (χ1v) is 4.06. The summed E-state index contributed by atoms with van der Waals surface area (Å²) in [6, 6.07) is 0. The van der Waals surface area contributed by atoms with E-state index in [-0.39, 0.29) is 6.54 Å². The molecule has 0 amide bonds. The summed E-state index contributed by atoms with van der Waals surface area (Å²) in [5.41, 5.74) is 7.05. The van der Waals surface area contributed by atoms with Gasteiger partial charge < -0.3 is 10.4 Å². The summed E-state index contributed by atoms with van der Waals surface area (Å²) in [7, 11) is 0. The van der Waals surface area contributed by atoms with E-state index in [0.29, 0.717) is 13.0 Å². The average Bonchev–Trinajstić information content (AvgIpc) is 2.12. The molecule has 2 N–H and O–H groups in total. The molecule has 74 valence electrons. The molecule has 13 heavy (non-hydrogen) atoms. The van der Waals surface area contributed by atoms with Crippen molar-refractivity contribution >= 4 is 5.97 Å². The van der Waals surface area contributed by atoms with Crippen molar-refractivity contribution in [3.05, 3.63) is 10.4 Å². The molecule has 0 aromatic heterocycles. The van der Waals surface area contributed by atoms with E-state index >= 15 is 0 Å². The molecule has 6 heteroatoms. The molecule has 0 radical (unpaired) electrons. The van der Waals surface area contributed by atoms with Crippen LogP contribution in [0.5, 0.6) is 0 Å². The van der Waals surface area contributed by atoms with Crippen LogP contribution in [0.1, 0.15) is 20.3 Å². The Bertz CT molecular complexity index is 225. The standard InChI is InChI=1S/C7H14N4O2/c1-3-7(2,6(12)13)9-4-5-10-11-8/h9H,3-5H2,1-2H3,(H,12,13). The Morgan fingerprint density at radius 3 is 2.77 bits per heavy atom. The van der Waals surface area contributed by atoms with Crippen molar-refractivity contribution in [3.63, 3.8) is 0 Å². The van der Waals surface area contributed by atoms with Gasteiger partial charge in [-0.1, -0.05) is 12.0 Å². The van der Waals surface area contributed by atoms with Crippen molar-refractivity contribution in [1.82, 2.24) is 5.32 Å². The van der Waals surface area contributed by atoms with Gasteiger partial charge in [0.05, 0.1) is 0 Å². The second-order valence-corrected chi connectivity index (χ2v) is 2.87. The molecule has 0 saturated heterocycles. The molecule has 0 aliphatic carbocycles. The van der Waals surface area contributed by atoms with Crippen LogP contribution in [0.2, 0.25) is 0 Å². The van der Waals surface area contributed by atoms with Gasteiger partial charge in [-0.15, -0.1) is 0 Å². The van der Waals surface area contributed by atoms with Crippen LogP contribution in [0.3, 0.4) is 0 Å². The van der Waals surface area contributed by atoms with Crippen LogP contribution in [0.15, 0.2) is 5.11 Å². The lowest BCUT2D eigenvalue weighted by Crippen LogP contribution is -2.49. The highest BCUT2D eigenvalue weighted by atomic mass is 16.4. The zero-order chi connectivity index (χ0) is 10.3. The predicted octanol–water partition coefficient (Wildman–Crippen LogP) is 1.14. The van der Waals surface area contributed by atoms with E-state index in [2.05, 4.69) is 15.3 Å². The van der Waals surface area contributed by atoms with Gasteiger partial charge in [-0.2, -0.15) is 0 Å².